The fraction of sp³-hybridized carbons (Fsp3) is 0.692. The summed E-state index contributed by atoms with van der Waals surface area (Å²) < 4.78 is 1.41. The van der Waals surface area contributed by atoms with Gasteiger partial charge in [0.2, 0.25) is 0 Å². The first-order valence-electron chi connectivity index (χ1n) is 6.64. The molecule has 0 aliphatic heterocycles. The molecule has 0 saturated heterocycles. The maximum absolute atomic E-state index is 12.0. The summed E-state index contributed by atoms with van der Waals surface area (Å²) in [6.45, 7) is 10.3. The molecule has 0 radical (unpaired) electrons. The Morgan fingerprint density at radius 1 is 1.32 bits per heavy atom. The van der Waals surface area contributed by atoms with Gasteiger partial charge in [0.15, 0.2) is 0 Å². The van der Waals surface area contributed by atoms with E-state index in [1.807, 2.05) is 13.8 Å². The fourth-order valence-corrected chi connectivity index (χ4v) is 1.84. The average molecular weight is 287 g/mol. The van der Waals surface area contributed by atoms with Gasteiger partial charge in [-0.15, -0.1) is 0 Å². The first-order chi connectivity index (χ1) is 8.91. The molecular weight excluding hydrogens is 264 g/mol. The molecule has 0 unspecified atom stereocenters. The number of aromatic nitrogens is 2. The summed E-state index contributed by atoms with van der Waals surface area (Å²) in [5.41, 5.74) is 0.356. The van der Waals surface area contributed by atoms with Crippen LogP contribution in [0.1, 0.15) is 27.7 Å². The fourth-order valence-electron chi connectivity index (χ4n) is 1.62. The monoisotopic (exact) mass is 286 g/mol. The predicted octanol–water partition coefficient (Wildman–Crippen LogP) is 1.96. The summed E-state index contributed by atoms with van der Waals surface area (Å²) in [5.74, 6) is 0.357. The maximum atomic E-state index is 12.0. The van der Waals surface area contributed by atoms with Crippen molar-refractivity contribution in [1.82, 2.24) is 15.1 Å². The van der Waals surface area contributed by atoms with Gasteiger partial charge in [0.25, 0.3) is 5.56 Å². The van der Waals surface area contributed by atoms with Crippen LogP contribution in [0.3, 0.4) is 0 Å². The van der Waals surface area contributed by atoms with Gasteiger partial charge in [-0.3, -0.25) is 4.79 Å². The quantitative estimate of drug-likeness (QED) is 0.753. The minimum atomic E-state index is -0.239. The lowest BCUT2D eigenvalue weighted by Crippen LogP contribution is -2.30. The van der Waals surface area contributed by atoms with E-state index < -0.39 is 0 Å². The molecule has 0 aliphatic carbocycles. The van der Waals surface area contributed by atoms with Crippen molar-refractivity contribution < 1.29 is 0 Å². The molecule has 1 heterocycles. The van der Waals surface area contributed by atoms with Gasteiger partial charge in [0.05, 0.1) is 11.9 Å². The molecule has 0 aliphatic rings. The molecule has 108 valence electrons. The van der Waals surface area contributed by atoms with Gasteiger partial charge < -0.3 is 10.6 Å². The molecule has 19 heavy (non-hydrogen) atoms. The summed E-state index contributed by atoms with van der Waals surface area (Å²) in [4.78, 5) is 12.0. The minimum Gasteiger partial charge on any atom is -0.381 e. The first-order valence-corrected chi connectivity index (χ1v) is 7.02. The summed E-state index contributed by atoms with van der Waals surface area (Å²) >= 11 is 6.07. The average Bonchev–Trinajstić information content (AvgIpc) is 2.32. The van der Waals surface area contributed by atoms with E-state index in [9.17, 15) is 4.79 Å². The largest absolute Gasteiger partial charge is 0.381 e. The van der Waals surface area contributed by atoms with E-state index in [0.717, 1.165) is 6.54 Å². The van der Waals surface area contributed by atoms with Crippen molar-refractivity contribution in [3.63, 3.8) is 0 Å². The molecule has 0 saturated carbocycles. The molecule has 0 bridgehead atoms. The highest BCUT2D eigenvalue weighted by molar-refractivity contribution is 6.32. The SMILES string of the molecule is CC(C)Cn1ncc(NCCNC(C)C)c(Cl)c1=O. The lowest BCUT2D eigenvalue weighted by atomic mass is 10.2. The zero-order valence-electron chi connectivity index (χ0n) is 12.0. The third kappa shape index (κ3) is 5.20. The molecule has 2 N–H and O–H groups in total. The third-order valence-corrected chi connectivity index (χ3v) is 2.88. The van der Waals surface area contributed by atoms with E-state index >= 15 is 0 Å². The maximum Gasteiger partial charge on any atom is 0.287 e. The van der Waals surface area contributed by atoms with Crippen LogP contribution in [0.2, 0.25) is 5.02 Å². The topological polar surface area (TPSA) is 59.0 Å². The van der Waals surface area contributed by atoms with Gasteiger partial charge in [-0.05, 0) is 5.92 Å². The predicted molar refractivity (Wildman–Crippen MR) is 80.0 cm³/mol. The number of nitrogens with zero attached hydrogens (tertiary/aromatic N) is 2. The van der Waals surface area contributed by atoms with Gasteiger partial charge in [-0.25, -0.2) is 4.68 Å². The van der Waals surface area contributed by atoms with E-state index in [0.29, 0.717) is 30.7 Å². The van der Waals surface area contributed by atoms with Crippen LogP contribution in [-0.4, -0.2) is 28.9 Å². The lowest BCUT2D eigenvalue weighted by Gasteiger charge is -2.12. The number of hydrogen-bond donors (Lipinski definition) is 2. The molecule has 1 aromatic rings. The van der Waals surface area contributed by atoms with Crippen molar-refractivity contribution >= 4 is 17.3 Å². The van der Waals surface area contributed by atoms with Crippen LogP contribution in [-0.2, 0) is 6.54 Å². The van der Waals surface area contributed by atoms with Crippen LogP contribution in [0.25, 0.3) is 0 Å². The van der Waals surface area contributed by atoms with E-state index in [1.165, 1.54) is 4.68 Å². The molecule has 0 spiro atoms. The number of hydrogen-bond acceptors (Lipinski definition) is 4. The Morgan fingerprint density at radius 2 is 2.00 bits per heavy atom. The highest BCUT2D eigenvalue weighted by Crippen LogP contribution is 2.14. The normalized spacial score (nSPS) is 11.3. The van der Waals surface area contributed by atoms with Crippen LogP contribution in [0.5, 0.6) is 0 Å². The molecule has 1 rings (SSSR count). The Bertz CT molecular complexity index is 456. The van der Waals surface area contributed by atoms with Crippen LogP contribution < -0.4 is 16.2 Å². The molecule has 0 fully saturated rings. The van der Waals surface area contributed by atoms with Crippen molar-refractivity contribution in [3.05, 3.63) is 21.6 Å². The van der Waals surface area contributed by atoms with Crippen LogP contribution in [0.4, 0.5) is 5.69 Å². The van der Waals surface area contributed by atoms with Gasteiger partial charge in [0.1, 0.15) is 5.02 Å². The molecule has 0 amide bonds. The standard InChI is InChI=1S/C13H23ClN4O/c1-9(2)8-18-13(19)12(14)11(7-17-18)16-6-5-15-10(3)4/h7,9-10,15-16H,5-6,8H2,1-4H3. The van der Waals surface area contributed by atoms with Crippen LogP contribution >= 0.6 is 11.6 Å². The van der Waals surface area contributed by atoms with Gasteiger partial charge in [0, 0.05) is 25.7 Å². The Labute approximate surface area is 119 Å². The van der Waals surface area contributed by atoms with Gasteiger partial charge in [-0.2, -0.15) is 5.10 Å². The third-order valence-electron chi connectivity index (χ3n) is 2.52. The summed E-state index contributed by atoms with van der Waals surface area (Å²) in [6, 6.07) is 0.439. The molecule has 5 nitrogen and oxygen atoms in total. The molecule has 0 aromatic carbocycles. The second-order valence-electron chi connectivity index (χ2n) is 5.29. The Balaban J connectivity index is 2.66. The molecule has 1 aromatic heterocycles. The summed E-state index contributed by atoms with van der Waals surface area (Å²) in [6.07, 6.45) is 1.61. The van der Waals surface area contributed by atoms with Gasteiger partial charge in [-0.1, -0.05) is 39.3 Å². The highest BCUT2D eigenvalue weighted by atomic mass is 35.5. The number of halogens is 1. The molecule has 6 heteroatoms. The van der Waals surface area contributed by atoms with Crippen molar-refractivity contribution in [3.8, 4) is 0 Å². The minimum absolute atomic E-state index is 0.209. The smallest absolute Gasteiger partial charge is 0.287 e. The Hall–Kier alpha value is -1.07. The lowest BCUT2D eigenvalue weighted by molar-refractivity contribution is 0.464. The number of nitrogens with one attached hydrogen (secondary N) is 2. The molecular formula is C13H23ClN4O. The zero-order chi connectivity index (χ0) is 14.4. The van der Waals surface area contributed by atoms with Crippen molar-refractivity contribution in [2.24, 2.45) is 5.92 Å². The number of anilines is 1. The Kier molecular flexibility index (Phi) is 6.31. The highest BCUT2D eigenvalue weighted by Gasteiger charge is 2.09. The summed E-state index contributed by atoms with van der Waals surface area (Å²) in [5, 5.41) is 10.7. The van der Waals surface area contributed by atoms with E-state index in [4.69, 9.17) is 11.6 Å². The number of rotatable bonds is 7. The van der Waals surface area contributed by atoms with Crippen LogP contribution in [0.15, 0.2) is 11.0 Å². The second kappa shape index (κ2) is 7.50. The van der Waals surface area contributed by atoms with E-state index in [1.54, 1.807) is 6.20 Å². The zero-order valence-corrected chi connectivity index (χ0v) is 12.8. The van der Waals surface area contributed by atoms with Crippen molar-refractivity contribution in [1.29, 1.82) is 0 Å². The van der Waals surface area contributed by atoms with E-state index in [2.05, 4.69) is 29.6 Å². The second-order valence-corrected chi connectivity index (χ2v) is 5.67. The first kappa shape index (κ1) is 16.0. The van der Waals surface area contributed by atoms with Crippen molar-refractivity contribution in [2.45, 2.75) is 40.3 Å². The molecule has 0 atom stereocenters. The summed E-state index contributed by atoms with van der Waals surface area (Å²) in [7, 11) is 0. The van der Waals surface area contributed by atoms with E-state index in [-0.39, 0.29) is 10.6 Å². The van der Waals surface area contributed by atoms with Gasteiger partial charge >= 0.3 is 0 Å². The Morgan fingerprint density at radius 3 is 2.58 bits per heavy atom. The van der Waals surface area contributed by atoms with Crippen molar-refractivity contribution in [2.75, 3.05) is 18.4 Å². The van der Waals surface area contributed by atoms with Crippen LogP contribution in [0, 0.1) is 5.92 Å².